The normalized spacial score (nSPS) is 14.6. The lowest BCUT2D eigenvalue weighted by Gasteiger charge is -2.23. The summed E-state index contributed by atoms with van der Waals surface area (Å²) in [6.07, 6.45) is 36.7. The standard InChI is InChI=1S/C37H73N2O6P/c1-3-5-7-9-11-13-15-16-17-18-19-20-21-23-25-27-29-31-37(41)39-35(34-45-46(42,43)44-33-32-38)36(40)30-28-26-24-22-14-12-10-8-6-4-2/h24,26,28,30,35-36,40H,3-23,25,27,29,31-34,38H2,1-2H3,(H,39,41)(H,42,43)/b26-24+,30-28+/t35-,36+/m0/s1. The number of hydrogen-bond donors (Lipinski definition) is 4. The average Bonchev–Trinajstić information content (AvgIpc) is 3.04. The highest BCUT2D eigenvalue weighted by atomic mass is 31.2. The maximum absolute atomic E-state index is 12.7. The zero-order chi connectivity index (χ0) is 34.0. The summed E-state index contributed by atoms with van der Waals surface area (Å²) in [5.74, 6) is -0.212. The molecule has 0 rings (SSSR count). The van der Waals surface area contributed by atoms with Gasteiger partial charge in [0, 0.05) is 13.0 Å². The summed E-state index contributed by atoms with van der Waals surface area (Å²) in [7, 11) is -4.34. The molecule has 272 valence electrons. The minimum atomic E-state index is -4.34. The number of nitrogens with two attached hydrogens (primary N) is 1. The van der Waals surface area contributed by atoms with Crippen LogP contribution in [0.2, 0.25) is 0 Å². The molecule has 0 aliphatic heterocycles. The van der Waals surface area contributed by atoms with Crippen molar-refractivity contribution in [1.82, 2.24) is 5.32 Å². The Morgan fingerprint density at radius 2 is 1.17 bits per heavy atom. The van der Waals surface area contributed by atoms with Crippen LogP contribution in [0.15, 0.2) is 24.3 Å². The van der Waals surface area contributed by atoms with Gasteiger partial charge < -0.3 is 21.1 Å². The van der Waals surface area contributed by atoms with Gasteiger partial charge in [-0.15, -0.1) is 0 Å². The van der Waals surface area contributed by atoms with Crippen LogP contribution in [0, 0.1) is 0 Å². The van der Waals surface area contributed by atoms with E-state index in [1.54, 1.807) is 12.2 Å². The van der Waals surface area contributed by atoms with Crippen LogP contribution in [0.1, 0.15) is 174 Å². The fraction of sp³-hybridized carbons (Fsp3) is 0.865. The Labute approximate surface area is 283 Å². The Kier molecular flexibility index (Phi) is 33.1. The molecule has 1 amide bonds. The number of hydrogen-bond acceptors (Lipinski definition) is 6. The van der Waals surface area contributed by atoms with Crippen molar-refractivity contribution in [3.05, 3.63) is 24.3 Å². The second kappa shape index (κ2) is 33.9. The number of rotatable bonds is 35. The first-order valence-corrected chi connectivity index (χ1v) is 20.5. The van der Waals surface area contributed by atoms with E-state index >= 15 is 0 Å². The number of carbonyl (C=O) groups excluding carboxylic acids is 1. The van der Waals surface area contributed by atoms with Gasteiger partial charge in [-0.25, -0.2) is 4.57 Å². The predicted octanol–water partition coefficient (Wildman–Crippen LogP) is 9.83. The number of phosphoric acid groups is 1. The highest BCUT2D eigenvalue weighted by molar-refractivity contribution is 7.47. The van der Waals surface area contributed by atoms with Crippen molar-refractivity contribution in [2.45, 2.75) is 187 Å². The maximum atomic E-state index is 12.7. The monoisotopic (exact) mass is 673 g/mol. The van der Waals surface area contributed by atoms with Crippen molar-refractivity contribution < 1.29 is 28.4 Å². The number of aliphatic hydroxyl groups is 1. The summed E-state index contributed by atoms with van der Waals surface area (Å²) < 4.78 is 22.0. The minimum Gasteiger partial charge on any atom is -0.387 e. The molecule has 9 heteroatoms. The molecule has 3 atom stereocenters. The SMILES string of the molecule is CCCCCCCC/C=C/C=C/[C@@H](O)[C@H](COP(=O)(O)OCCN)NC(=O)CCCCCCCCCCCCCCCCCCC. The molecule has 0 aromatic heterocycles. The lowest BCUT2D eigenvalue weighted by Crippen LogP contribution is -2.45. The van der Waals surface area contributed by atoms with Crippen LogP contribution in [0.4, 0.5) is 0 Å². The molecule has 46 heavy (non-hydrogen) atoms. The second-order valence-electron chi connectivity index (χ2n) is 12.8. The highest BCUT2D eigenvalue weighted by Gasteiger charge is 2.26. The number of amides is 1. The summed E-state index contributed by atoms with van der Waals surface area (Å²) in [5, 5.41) is 13.5. The predicted molar refractivity (Wildman–Crippen MR) is 194 cm³/mol. The number of aliphatic hydroxyl groups excluding tert-OH is 1. The van der Waals surface area contributed by atoms with Gasteiger partial charge in [0.2, 0.25) is 5.91 Å². The summed E-state index contributed by atoms with van der Waals surface area (Å²) in [6, 6.07) is -0.886. The van der Waals surface area contributed by atoms with Crippen molar-refractivity contribution in [3.63, 3.8) is 0 Å². The minimum absolute atomic E-state index is 0.0733. The lowest BCUT2D eigenvalue weighted by atomic mass is 10.0. The summed E-state index contributed by atoms with van der Waals surface area (Å²) >= 11 is 0. The number of carbonyl (C=O) groups is 1. The molecule has 0 saturated heterocycles. The van der Waals surface area contributed by atoms with E-state index in [4.69, 9.17) is 14.8 Å². The Morgan fingerprint density at radius 3 is 1.65 bits per heavy atom. The quantitative estimate of drug-likeness (QED) is 0.0299. The molecular weight excluding hydrogens is 599 g/mol. The molecule has 5 N–H and O–H groups in total. The third-order valence-corrected chi connectivity index (χ3v) is 9.32. The van der Waals surface area contributed by atoms with Crippen LogP contribution in [0.25, 0.3) is 0 Å². The molecule has 0 aliphatic rings. The van der Waals surface area contributed by atoms with E-state index < -0.39 is 20.0 Å². The van der Waals surface area contributed by atoms with Gasteiger partial charge in [0.05, 0.1) is 25.4 Å². The van der Waals surface area contributed by atoms with Gasteiger partial charge in [0.25, 0.3) is 0 Å². The van der Waals surface area contributed by atoms with Crippen LogP contribution in [-0.2, 0) is 18.4 Å². The summed E-state index contributed by atoms with van der Waals surface area (Å²) in [6.45, 7) is 4.06. The van der Waals surface area contributed by atoms with E-state index in [-0.39, 0.29) is 25.7 Å². The number of nitrogens with one attached hydrogen (secondary N) is 1. The van der Waals surface area contributed by atoms with Crippen molar-refractivity contribution >= 4 is 13.7 Å². The Balaban J connectivity index is 4.26. The van der Waals surface area contributed by atoms with Gasteiger partial charge in [-0.1, -0.05) is 173 Å². The van der Waals surface area contributed by atoms with Gasteiger partial charge >= 0.3 is 7.82 Å². The molecule has 8 nitrogen and oxygen atoms in total. The van der Waals surface area contributed by atoms with Crippen molar-refractivity contribution in [2.75, 3.05) is 19.8 Å². The Morgan fingerprint density at radius 1 is 0.717 bits per heavy atom. The third kappa shape index (κ3) is 31.6. The van der Waals surface area contributed by atoms with Crippen LogP contribution in [-0.4, -0.2) is 47.8 Å². The van der Waals surface area contributed by atoms with Crippen LogP contribution < -0.4 is 11.1 Å². The molecule has 0 heterocycles. The largest absolute Gasteiger partial charge is 0.472 e. The molecule has 1 unspecified atom stereocenters. The molecular formula is C37H73N2O6P. The van der Waals surface area contributed by atoms with E-state index in [0.29, 0.717) is 6.42 Å². The van der Waals surface area contributed by atoms with Crippen molar-refractivity contribution in [3.8, 4) is 0 Å². The molecule has 0 aromatic carbocycles. The first kappa shape index (κ1) is 45.0. The van der Waals surface area contributed by atoms with Gasteiger partial charge in [0.15, 0.2) is 0 Å². The molecule has 0 fully saturated rings. The fourth-order valence-electron chi connectivity index (χ4n) is 5.42. The molecule has 0 bridgehead atoms. The number of phosphoric ester groups is 1. The smallest absolute Gasteiger partial charge is 0.387 e. The first-order chi connectivity index (χ1) is 22.4. The fourth-order valence-corrected chi connectivity index (χ4v) is 6.18. The molecule has 0 aromatic rings. The van der Waals surface area contributed by atoms with Gasteiger partial charge in [-0.05, 0) is 19.3 Å². The lowest BCUT2D eigenvalue weighted by molar-refractivity contribution is -0.123. The molecule has 0 radical (unpaired) electrons. The Bertz CT molecular complexity index is 779. The van der Waals surface area contributed by atoms with E-state index in [9.17, 15) is 19.4 Å². The summed E-state index contributed by atoms with van der Waals surface area (Å²) in [5.41, 5.74) is 5.34. The van der Waals surface area contributed by atoms with Gasteiger partial charge in [0.1, 0.15) is 0 Å². The van der Waals surface area contributed by atoms with E-state index in [1.165, 1.54) is 122 Å². The molecule has 0 saturated carbocycles. The highest BCUT2D eigenvalue weighted by Crippen LogP contribution is 2.43. The van der Waals surface area contributed by atoms with E-state index in [2.05, 4.69) is 25.2 Å². The van der Waals surface area contributed by atoms with Crippen LogP contribution in [0.5, 0.6) is 0 Å². The van der Waals surface area contributed by atoms with E-state index in [1.807, 2.05) is 6.08 Å². The molecule has 0 spiro atoms. The van der Waals surface area contributed by atoms with Crippen molar-refractivity contribution in [1.29, 1.82) is 0 Å². The zero-order valence-electron chi connectivity index (χ0n) is 29.8. The zero-order valence-corrected chi connectivity index (χ0v) is 30.7. The number of allylic oxidation sites excluding steroid dienone is 3. The van der Waals surface area contributed by atoms with Crippen molar-refractivity contribution in [2.24, 2.45) is 5.73 Å². The maximum Gasteiger partial charge on any atom is 0.472 e. The second-order valence-corrected chi connectivity index (χ2v) is 14.3. The topological polar surface area (TPSA) is 131 Å². The third-order valence-electron chi connectivity index (χ3n) is 8.34. The van der Waals surface area contributed by atoms with Crippen LogP contribution >= 0.6 is 7.82 Å². The first-order valence-electron chi connectivity index (χ1n) is 19.0. The Hall–Kier alpha value is -1.02. The summed E-state index contributed by atoms with van der Waals surface area (Å²) in [4.78, 5) is 22.5. The van der Waals surface area contributed by atoms with E-state index in [0.717, 1.165) is 32.1 Å². The number of unbranched alkanes of at least 4 members (excludes halogenated alkanes) is 22. The van der Waals surface area contributed by atoms with Gasteiger partial charge in [-0.2, -0.15) is 0 Å². The van der Waals surface area contributed by atoms with Gasteiger partial charge in [-0.3, -0.25) is 13.8 Å². The van der Waals surface area contributed by atoms with Crippen LogP contribution in [0.3, 0.4) is 0 Å². The average molecular weight is 673 g/mol. The molecule has 0 aliphatic carbocycles.